The summed E-state index contributed by atoms with van der Waals surface area (Å²) in [6, 6.07) is -0.543. The lowest BCUT2D eigenvalue weighted by atomic mass is 10.0. The van der Waals surface area contributed by atoms with Crippen molar-refractivity contribution in [3.05, 3.63) is 12.2 Å². The van der Waals surface area contributed by atoms with E-state index >= 15 is 0 Å². The molecule has 1 amide bonds. The average Bonchev–Trinajstić information content (AvgIpc) is 3.42. The highest BCUT2D eigenvalue weighted by Crippen LogP contribution is 2.19. The van der Waals surface area contributed by atoms with E-state index in [1.165, 1.54) is 327 Å². The van der Waals surface area contributed by atoms with Crippen LogP contribution in [0.1, 0.15) is 399 Å². The maximum absolute atomic E-state index is 12.5. The Hall–Kier alpha value is -1.40. The summed E-state index contributed by atoms with van der Waals surface area (Å²) in [5.74, 6) is -0.0156. The van der Waals surface area contributed by atoms with Crippen LogP contribution in [0, 0.1) is 0 Å². The van der Waals surface area contributed by atoms with Gasteiger partial charge in [0.25, 0.3) is 0 Å². The SMILES string of the molecule is CCCCCCCCCCCCCCCCCCCCC(=O)OCCCCCCCCCCCCCC/C=C\CCCCCCCCCCCC(=O)NC(CO)C(O)CCCCCCCCCCCCCCCCCC. The third-order valence-electron chi connectivity index (χ3n) is 16.6. The Morgan fingerprint density at radius 2 is 0.618 bits per heavy atom. The first-order valence-electron chi connectivity index (χ1n) is 34.9. The molecule has 0 rings (SSSR count). The van der Waals surface area contributed by atoms with Gasteiger partial charge in [0.1, 0.15) is 0 Å². The third-order valence-corrected chi connectivity index (χ3v) is 16.6. The summed E-state index contributed by atoms with van der Waals surface area (Å²) >= 11 is 0. The molecule has 452 valence electrons. The highest BCUT2D eigenvalue weighted by Gasteiger charge is 2.20. The maximum Gasteiger partial charge on any atom is 0.305 e. The first-order chi connectivity index (χ1) is 37.5. The summed E-state index contributed by atoms with van der Waals surface area (Å²) < 4.78 is 5.51. The minimum Gasteiger partial charge on any atom is -0.466 e. The van der Waals surface area contributed by atoms with Gasteiger partial charge in [-0.05, 0) is 51.4 Å². The van der Waals surface area contributed by atoms with Crippen LogP contribution in [0.5, 0.6) is 0 Å². The standard InChI is InChI=1S/C70H137NO5/c1-3-5-7-9-11-13-15-17-19-21-32-36-40-44-48-52-56-60-64-70(75)76-65-61-57-53-49-45-41-37-33-30-28-26-24-22-23-25-27-29-31-35-39-43-47-51-55-59-63-69(74)71-67(66-72)68(73)62-58-54-50-46-42-38-34-20-18-16-14-12-10-8-6-4-2/h23,25,67-68,72-73H,3-22,24,26-66H2,1-2H3,(H,71,74)/b25-23-. The zero-order valence-electron chi connectivity index (χ0n) is 51.8. The number of amides is 1. The van der Waals surface area contributed by atoms with Crippen molar-refractivity contribution in [2.75, 3.05) is 13.2 Å². The van der Waals surface area contributed by atoms with Gasteiger partial charge >= 0.3 is 5.97 Å². The fraction of sp³-hybridized carbons (Fsp3) is 0.943. The number of aliphatic hydroxyl groups excluding tert-OH is 2. The lowest BCUT2D eigenvalue weighted by Crippen LogP contribution is -2.45. The number of hydrogen-bond donors (Lipinski definition) is 3. The number of allylic oxidation sites excluding steroid dienone is 2. The normalized spacial score (nSPS) is 12.5. The van der Waals surface area contributed by atoms with Gasteiger partial charge in [0.2, 0.25) is 5.91 Å². The van der Waals surface area contributed by atoms with Crippen molar-refractivity contribution in [3.63, 3.8) is 0 Å². The number of unbranched alkanes of at least 4 members (excludes halogenated alkanes) is 53. The fourth-order valence-corrected chi connectivity index (χ4v) is 11.2. The van der Waals surface area contributed by atoms with Gasteiger partial charge < -0.3 is 20.3 Å². The smallest absolute Gasteiger partial charge is 0.305 e. The van der Waals surface area contributed by atoms with E-state index in [1.807, 2.05) is 0 Å². The van der Waals surface area contributed by atoms with Gasteiger partial charge in [0.15, 0.2) is 0 Å². The summed E-state index contributed by atoms with van der Waals surface area (Å²) in [6.45, 7) is 5.00. The van der Waals surface area contributed by atoms with Crippen LogP contribution in [-0.2, 0) is 14.3 Å². The predicted octanol–water partition coefficient (Wildman–Crippen LogP) is 22.4. The fourth-order valence-electron chi connectivity index (χ4n) is 11.2. The topological polar surface area (TPSA) is 95.9 Å². The molecule has 0 aliphatic heterocycles. The number of aliphatic hydroxyl groups is 2. The van der Waals surface area contributed by atoms with E-state index in [9.17, 15) is 19.8 Å². The van der Waals surface area contributed by atoms with Crippen LogP contribution in [0.3, 0.4) is 0 Å². The van der Waals surface area contributed by atoms with Crippen LogP contribution in [0.25, 0.3) is 0 Å². The maximum atomic E-state index is 12.5. The molecule has 2 unspecified atom stereocenters. The van der Waals surface area contributed by atoms with Gasteiger partial charge in [-0.3, -0.25) is 9.59 Å². The molecule has 0 fully saturated rings. The summed E-state index contributed by atoms with van der Waals surface area (Å²) in [4.78, 5) is 24.6. The van der Waals surface area contributed by atoms with Crippen LogP contribution in [0.15, 0.2) is 12.2 Å². The predicted molar refractivity (Wildman–Crippen MR) is 333 cm³/mol. The van der Waals surface area contributed by atoms with Gasteiger partial charge in [0.05, 0.1) is 25.4 Å². The molecule has 0 bridgehead atoms. The quantitative estimate of drug-likeness (QED) is 0.0320. The molecule has 6 nitrogen and oxygen atoms in total. The Morgan fingerprint density at radius 1 is 0.355 bits per heavy atom. The monoisotopic (exact) mass is 1070 g/mol. The highest BCUT2D eigenvalue weighted by molar-refractivity contribution is 5.76. The zero-order chi connectivity index (χ0) is 55.0. The molecule has 0 heterocycles. The number of hydrogen-bond acceptors (Lipinski definition) is 5. The van der Waals surface area contributed by atoms with E-state index in [4.69, 9.17) is 4.74 Å². The molecule has 3 N–H and O–H groups in total. The highest BCUT2D eigenvalue weighted by atomic mass is 16.5. The van der Waals surface area contributed by atoms with Crippen molar-refractivity contribution in [2.45, 2.75) is 411 Å². The number of rotatable bonds is 66. The lowest BCUT2D eigenvalue weighted by Gasteiger charge is -2.22. The van der Waals surface area contributed by atoms with Crippen LogP contribution in [-0.4, -0.2) is 47.4 Å². The molecule has 2 atom stereocenters. The molecule has 0 saturated carbocycles. The lowest BCUT2D eigenvalue weighted by molar-refractivity contribution is -0.143. The van der Waals surface area contributed by atoms with E-state index < -0.39 is 12.1 Å². The van der Waals surface area contributed by atoms with E-state index in [1.54, 1.807) is 0 Å². The molecular weight excluding hydrogens is 935 g/mol. The summed E-state index contributed by atoms with van der Waals surface area (Å²) in [5.41, 5.74) is 0. The van der Waals surface area contributed by atoms with E-state index in [-0.39, 0.29) is 18.5 Å². The minimum atomic E-state index is -0.666. The van der Waals surface area contributed by atoms with Gasteiger partial charge in [0, 0.05) is 12.8 Å². The molecule has 0 aliphatic rings. The van der Waals surface area contributed by atoms with Gasteiger partial charge in [-0.15, -0.1) is 0 Å². The van der Waals surface area contributed by atoms with Crippen molar-refractivity contribution in [3.8, 4) is 0 Å². The summed E-state index contributed by atoms with van der Waals surface area (Å²) in [5, 5.41) is 23.3. The van der Waals surface area contributed by atoms with E-state index in [0.29, 0.717) is 25.9 Å². The molecule has 0 aromatic rings. The summed E-state index contributed by atoms with van der Waals surface area (Å²) in [6.07, 6.45) is 81.1. The Morgan fingerprint density at radius 3 is 0.934 bits per heavy atom. The van der Waals surface area contributed by atoms with Gasteiger partial charge in [-0.2, -0.15) is 0 Å². The van der Waals surface area contributed by atoms with Crippen LogP contribution in [0.4, 0.5) is 0 Å². The first-order valence-corrected chi connectivity index (χ1v) is 34.9. The largest absolute Gasteiger partial charge is 0.466 e. The number of esters is 1. The van der Waals surface area contributed by atoms with Crippen molar-refractivity contribution < 1.29 is 24.5 Å². The molecule has 76 heavy (non-hydrogen) atoms. The molecular formula is C70H137NO5. The minimum absolute atomic E-state index is 0.0189. The van der Waals surface area contributed by atoms with E-state index in [2.05, 4.69) is 31.3 Å². The molecule has 6 heteroatoms. The Bertz CT molecular complexity index is 1140. The second kappa shape index (κ2) is 66.1. The van der Waals surface area contributed by atoms with Crippen LogP contribution in [0.2, 0.25) is 0 Å². The number of carbonyl (C=O) groups is 2. The third kappa shape index (κ3) is 61.8. The van der Waals surface area contributed by atoms with E-state index in [0.717, 1.165) is 38.5 Å². The van der Waals surface area contributed by atoms with Crippen LogP contribution < -0.4 is 5.32 Å². The van der Waals surface area contributed by atoms with Gasteiger partial charge in [-0.25, -0.2) is 0 Å². The Labute approximate surface area is 476 Å². The molecule has 0 radical (unpaired) electrons. The number of carbonyl (C=O) groups excluding carboxylic acids is 2. The first kappa shape index (κ1) is 74.6. The molecule has 0 spiro atoms. The summed E-state index contributed by atoms with van der Waals surface area (Å²) in [7, 11) is 0. The molecule has 0 aromatic carbocycles. The van der Waals surface area contributed by atoms with Crippen molar-refractivity contribution >= 4 is 11.9 Å². The van der Waals surface area contributed by atoms with Crippen LogP contribution >= 0.6 is 0 Å². The molecule has 0 aliphatic carbocycles. The van der Waals surface area contributed by atoms with Crippen molar-refractivity contribution in [1.29, 1.82) is 0 Å². The Balaban J connectivity index is 3.36. The van der Waals surface area contributed by atoms with Crippen molar-refractivity contribution in [1.82, 2.24) is 5.32 Å². The Kier molecular flexibility index (Phi) is 64.9. The average molecular weight is 1070 g/mol. The second-order valence-corrected chi connectivity index (χ2v) is 24.2. The second-order valence-electron chi connectivity index (χ2n) is 24.2. The number of nitrogens with one attached hydrogen (secondary N) is 1. The molecule has 0 aromatic heterocycles. The van der Waals surface area contributed by atoms with Gasteiger partial charge in [-0.1, -0.05) is 347 Å². The number of ether oxygens (including phenoxy) is 1. The molecule has 0 saturated heterocycles. The van der Waals surface area contributed by atoms with Crippen molar-refractivity contribution in [2.24, 2.45) is 0 Å². The zero-order valence-corrected chi connectivity index (χ0v) is 51.8.